The van der Waals surface area contributed by atoms with Crippen molar-refractivity contribution in [2.45, 2.75) is 52.9 Å². The lowest BCUT2D eigenvalue weighted by molar-refractivity contribution is -0.870. The minimum atomic E-state index is 0.330. The van der Waals surface area contributed by atoms with Gasteiger partial charge in [-0.1, -0.05) is 51.4 Å². The molecule has 0 aliphatic carbocycles. The number of nitrogens with one attached hydrogen (secondary N) is 1. The van der Waals surface area contributed by atoms with Gasteiger partial charge in [-0.05, 0) is 43.0 Å². The van der Waals surface area contributed by atoms with Crippen LogP contribution in [0.2, 0.25) is 0 Å². The molecule has 2 rings (SSSR count). The number of hydrogen-bond donors (Lipinski definition) is 1. The largest absolute Gasteiger partial charge is 0.493 e. The molecule has 5 heteroatoms. The van der Waals surface area contributed by atoms with E-state index in [0.717, 1.165) is 63.7 Å². The molecule has 0 radical (unpaired) electrons. The SMILES string of the molecule is CC(C)C#Cc1ccc(C#Cc2cc(OCCCC[NH+](C)C)c(C(C)C)cc2OCCC[N+](C)(C)C)s1. The maximum atomic E-state index is 6.32. The van der Waals surface area contributed by atoms with Crippen molar-refractivity contribution in [3.05, 3.63) is 45.1 Å². The summed E-state index contributed by atoms with van der Waals surface area (Å²) in [6, 6.07) is 8.34. The van der Waals surface area contributed by atoms with Crippen LogP contribution in [0.3, 0.4) is 0 Å². The summed E-state index contributed by atoms with van der Waals surface area (Å²) in [7, 11) is 11.0. The maximum Gasteiger partial charge on any atom is 0.135 e. The lowest BCUT2D eigenvalue weighted by Gasteiger charge is -2.24. The number of quaternary nitrogens is 2. The van der Waals surface area contributed by atoms with E-state index in [4.69, 9.17) is 9.47 Å². The monoisotopic (exact) mass is 524 g/mol. The minimum Gasteiger partial charge on any atom is -0.493 e. The van der Waals surface area contributed by atoms with Gasteiger partial charge in [-0.25, -0.2) is 0 Å². The predicted molar refractivity (Wildman–Crippen MR) is 158 cm³/mol. The molecule has 0 saturated heterocycles. The zero-order valence-electron chi connectivity index (χ0n) is 24.6. The number of unbranched alkanes of at least 4 members (excludes halogenated alkanes) is 1. The van der Waals surface area contributed by atoms with Crippen LogP contribution in [-0.2, 0) is 0 Å². The van der Waals surface area contributed by atoms with E-state index in [1.807, 2.05) is 0 Å². The van der Waals surface area contributed by atoms with Gasteiger partial charge in [0.05, 0.1) is 76.9 Å². The Labute approximate surface area is 230 Å². The maximum absolute atomic E-state index is 6.32. The van der Waals surface area contributed by atoms with Gasteiger partial charge in [-0.3, -0.25) is 0 Å². The fourth-order valence-electron chi connectivity index (χ4n) is 3.67. The quantitative estimate of drug-likeness (QED) is 0.238. The Kier molecular flexibility index (Phi) is 12.6. The van der Waals surface area contributed by atoms with Crippen molar-refractivity contribution in [3.8, 4) is 35.2 Å². The molecule has 0 fully saturated rings. The third-order valence-corrected chi connectivity index (χ3v) is 6.62. The van der Waals surface area contributed by atoms with Crippen LogP contribution in [-0.4, -0.2) is 66.0 Å². The Balaban J connectivity index is 2.31. The first-order chi connectivity index (χ1) is 17.4. The highest BCUT2D eigenvalue weighted by Crippen LogP contribution is 2.34. The summed E-state index contributed by atoms with van der Waals surface area (Å²) in [5.41, 5.74) is 2.05. The first-order valence-corrected chi connectivity index (χ1v) is 14.4. The van der Waals surface area contributed by atoms with Gasteiger partial charge in [-0.2, -0.15) is 0 Å². The Bertz CT molecular complexity index is 1100. The van der Waals surface area contributed by atoms with Crippen LogP contribution in [0.25, 0.3) is 0 Å². The van der Waals surface area contributed by atoms with Crippen LogP contribution in [0.15, 0.2) is 24.3 Å². The third kappa shape index (κ3) is 12.1. The number of benzene rings is 1. The average Bonchev–Trinajstić information content (AvgIpc) is 3.26. The van der Waals surface area contributed by atoms with Crippen LogP contribution in [0.1, 0.15) is 73.8 Å². The minimum absolute atomic E-state index is 0.330. The molecule has 1 aromatic heterocycles. The molecule has 0 spiro atoms. The number of thiophene rings is 1. The second kappa shape index (κ2) is 15.1. The van der Waals surface area contributed by atoms with Crippen molar-refractivity contribution >= 4 is 11.3 Å². The van der Waals surface area contributed by atoms with Crippen LogP contribution in [0, 0.1) is 29.6 Å². The number of hydrogen-bond acceptors (Lipinski definition) is 3. The van der Waals surface area contributed by atoms with Crippen LogP contribution < -0.4 is 14.4 Å². The molecular weight excluding hydrogens is 476 g/mol. The molecule has 0 unspecified atom stereocenters. The van der Waals surface area contributed by atoms with Crippen LogP contribution in [0.4, 0.5) is 0 Å². The van der Waals surface area contributed by atoms with Gasteiger partial charge < -0.3 is 18.9 Å². The van der Waals surface area contributed by atoms with Crippen molar-refractivity contribution < 1.29 is 18.9 Å². The van der Waals surface area contributed by atoms with E-state index in [-0.39, 0.29) is 0 Å². The fourth-order valence-corrected chi connectivity index (χ4v) is 4.39. The molecule has 1 aromatic carbocycles. The second-order valence-corrected chi connectivity index (χ2v) is 12.7. The summed E-state index contributed by atoms with van der Waals surface area (Å²) in [6.07, 6.45) is 3.19. The zero-order chi connectivity index (χ0) is 27.4. The third-order valence-electron chi connectivity index (χ3n) is 5.70. The summed E-state index contributed by atoms with van der Waals surface area (Å²) in [5, 5.41) is 0. The van der Waals surface area contributed by atoms with E-state index in [1.165, 1.54) is 10.5 Å². The first-order valence-electron chi connectivity index (χ1n) is 13.6. The van der Waals surface area contributed by atoms with Gasteiger partial charge in [-0.15, -0.1) is 11.3 Å². The normalized spacial score (nSPS) is 11.4. The molecule has 0 aliphatic rings. The number of nitrogens with zero attached hydrogens (tertiary/aromatic N) is 1. The Morgan fingerprint density at radius 1 is 0.838 bits per heavy atom. The highest BCUT2D eigenvalue weighted by atomic mass is 32.1. The van der Waals surface area contributed by atoms with E-state index in [2.05, 4.69) is 111 Å². The Morgan fingerprint density at radius 2 is 1.49 bits per heavy atom. The van der Waals surface area contributed by atoms with Crippen molar-refractivity contribution in [2.75, 3.05) is 61.5 Å². The molecule has 2 aromatic rings. The van der Waals surface area contributed by atoms with E-state index >= 15 is 0 Å². The highest BCUT2D eigenvalue weighted by Gasteiger charge is 2.15. The van der Waals surface area contributed by atoms with E-state index in [1.54, 1.807) is 11.3 Å². The van der Waals surface area contributed by atoms with E-state index in [0.29, 0.717) is 25.0 Å². The van der Waals surface area contributed by atoms with Gasteiger partial charge in [0, 0.05) is 17.9 Å². The number of rotatable bonds is 12. The molecule has 202 valence electrons. The van der Waals surface area contributed by atoms with Gasteiger partial charge in [0.25, 0.3) is 0 Å². The highest BCUT2D eigenvalue weighted by molar-refractivity contribution is 7.13. The van der Waals surface area contributed by atoms with Gasteiger partial charge >= 0.3 is 0 Å². The lowest BCUT2D eigenvalue weighted by Crippen LogP contribution is -3.05. The van der Waals surface area contributed by atoms with Crippen LogP contribution >= 0.6 is 11.3 Å². The molecule has 1 heterocycles. The smallest absolute Gasteiger partial charge is 0.135 e. The van der Waals surface area contributed by atoms with E-state index in [9.17, 15) is 0 Å². The topological polar surface area (TPSA) is 22.9 Å². The van der Waals surface area contributed by atoms with Crippen molar-refractivity contribution in [2.24, 2.45) is 5.92 Å². The molecule has 0 atom stereocenters. The van der Waals surface area contributed by atoms with Crippen molar-refractivity contribution in [3.63, 3.8) is 0 Å². The Morgan fingerprint density at radius 3 is 2.11 bits per heavy atom. The van der Waals surface area contributed by atoms with Gasteiger partial charge in [0.1, 0.15) is 11.5 Å². The summed E-state index contributed by atoms with van der Waals surface area (Å²) in [5.74, 6) is 15.7. The molecule has 0 saturated carbocycles. The second-order valence-electron chi connectivity index (χ2n) is 11.6. The Hall–Kier alpha value is -2.44. The van der Waals surface area contributed by atoms with Crippen molar-refractivity contribution in [1.29, 1.82) is 0 Å². The first kappa shape index (κ1) is 30.8. The summed E-state index contributed by atoms with van der Waals surface area (Å²) in [4.78, 5) is 3.53. The van der Waals surface area contributed by atoms with Gasteiger partial charge in [0.15, 0.2) is 0 Å². The summed E-state index contributed by atoms with van der Waals surface area (Å²) < 4.78 is 13.5. The van der Waals surface area contributed by atoms with E-state index < -0.39 is 0 Å². The van der Waals surface area contributed by atoms with Gasteiger partial charge in [0.2, 0.25) is 0 Å². The zero-order valence-corrected chi connectivity index (χ0v) is 25.4. The summed E-state index contributed by atoms with van der Waals surface area (Å²) in [6.45, 7) is 12.2. The van der Waals surface area contributed by atoms with Crippen LogP contribution in [0.5, 0.6) is 11.5 Å². The molecule has 0 amide bonds. The van der Waals surface area contributed by atoms with Crippen molar-refractivity contribution in [1.82, 2.24) is 0 Å². The average molecular weight is 525 g/mol. The molecule has 4 nitrogen and oxygen atoms in total. The predicted octanol–water partition coefficient (Wildman–Crippen LogP) is 5.06. The lowest BCUT2D eigenvalue weighted by atomic mass is 9.99. The molecular formula is C32H48N2O2S+2. The molecule has 1 N–H and O–H groups in total. The molecule has 0 bridgehead atoms. The molecule has 0 aliphatic heterocycles. The standard InChI is InChI=1S/C32H47N2O2S/c1-25(2)13-15-28-17-18-29(37-28)16-14-27-23-32(36-21-11-10-19-33(5)6)30(26(3)4)24-31(27)35-22-12-20-34(7,8)9/h17-18,23-26H,10-12,19-22H2,1-9H3/q+1/p+1. The number of ether oxygens (including phenoxy) is 2. The summed E-state index contributed by atoms with van der Waals surface area (Å²) >= 11 is 1.63. The molecule has 37 heavy (non-hydrogen) atoms. The fraction of sp³-hybridized carbons (Fsp3) is 0.562.